The van der Waals surface area contributed by atoms with Gasteiger partial charge in [0, 0.05) is 6.42 Å². The van der Waals surface area contributed by atoms with E-state index in [0.29, 0.717) is 17.1 Å². The van der Waals surface area contributed by atoms with Crippen molar-refractivity contribution >= 4 is 12.1 Å². The fourth-order valence-corrected chi connectivity index (χ4v) is 2.26. The number of carbonyl (C=O) groups is 2. The highest BCUT2D eigenvalue weighted by molar-refractivity contribution is 5.80. The summed E-state index contributed by atoms with van der Waals surface area (Å²) in [6.07, 6.45) is -0.705. The van der Waals surface area contributed by atoms with Gasteiger partial charge in [-0.2, -0.15) is 0 Å². The smallest absolute Gasteiger partial charge is 0.408 e. The van der Waals surface area contributed by atoms with E-state index in [1.165, 1.54) is 0 Å². The first kappa shape index (κ1) is 19.3. The summed E-state index contributed by atoms with van der Waals surface area (Å²) in [6, 6.07) is 15.2. The molecule has 1 unspecified atom stereocenters. The quantitative estimate of drug-likeness (QED) is 0.816. The minimum Gasteiger partial charge on any atom is -0.480 e. The summed E-state index contributed by atoms with van der Waals surface area (Å²) in [5.41, 5.74) is -0.0404. The Morgan fingerprint density at radius 3 is 2.27 bits per heavy atom. The summed E-state index contributed by atoms with van der Waals surface area (Å²) >= 11 is 0. The molecule has 6 heteroatoms. The number of ether oxygens (including phenoxy) is 2. The molecule has 0 aliphatic heterocycles. The number of aliphatic carboxylic acids is 1. The van der Waals surface area contributed by atoms with Crippen LogP contribution in [0.3, 0.4) is 0 Å². The number of carboxylic acids is 1. The Morgan fingerprint density at radius 2 is 1.65 bits per heavy atom. The molecule has 0 aliphatic rings. The number of alkyl carbamates (subject to hydrolysis) is 1. The van der Waals surface area contributed by atoms with Crippen LogP contribution in [0.2, 0.25) is 0 Å². The lowest BCUT2D eigenvalue weighted by atomic mass is 10.0. The Morgan fingerprint density at radius 1 is 1.04 bits per heavy atom. The third kappa shape index (κ3) is 6.12. The van der Waals surface area contributed by atoms with E-state index in [1.54, 1.807) is 45.0 Å². The predicted molar refractivity (Wildman–Crippen MR) is 97.5 cm³/mol. The minimum absolute atomic E-state index is 0.0670. The number of carbonyl (C=O) groups excluding carboxylic acids is 1. The molecule has 0 saturated carbocycles. The zero-order valence-corrected chi connectivity index (χ0v) is 15.1. The summed E-state index contributed by atoms with van der Waals surface area (Å²) in [5.74, 6) is 0.0354. The average Bonchev–Trinajstić information content (AvgIpc) is 2.55. The molecule has 0 saturated heterocycles. The number of amides is 1. The summed E-state index contributed by atoms with van der Waals surface area (Å²) in [4.78, 5) is 23.5. The van der Waals surface area contributed by atoms with Crippen LogP contribution in [0.5, 0.6) is 11.5 Å². The maximum atomic E-state index is 11.9. The number of carboxylic acid groups (broad SMARTS) is 1. The maximum absolute atomic E-state index is 11.9. The standard InChI is InChI=1S/C20H23NO5/c1-20(2,3)26-19(24)21-16(18(22)23)13-14-9-7-8-12-17(14)25-15-10-5-4-6-11-15/h4-12,16H,13H2,1-3H3,(H,21,24)(H,22,23). The van der Waals surface area contributed by atoms with Gasteiger partial charge in [-0.15, -0.1) is 0 Å². The number of hydrogen-bond donors (Lipinski definition) is 2. The second kappa shape index (κ2) is 8.38. The summed E-state index contributed by atoms with van der Waals surface area (Å²) < 4.78 is 11.0. The largest absolute Gasteiger partial charge is 0.480 e. The lowest BCUT2D eigenvalue weighted by molar-refractivity contribution is -0.139. The Bertz CT molecular complexity index is 752. The van der Waals surface area contributed by atoms with E-state index < -0.39 is 23.7 Å². The third-order valence-corrected chi connectivity index (χ3v) is 3.36. The van der Waals surface area contributed by atoms with Gasteiger partial charge in [-0.05, 0) is 44.5 Å². The van der Waals surface area contributed by atoms with Crippen LogP contribution in [-0.2, 0) is 16.0 Å². The van der Waals surface area contributed by atoms with Crippen molar-refractivity contribution < 1.29 is 24.2 Å². The summed E-state index contributed by atoms with van der Waals surface area (Å²) in [6.45, 7) is 5.14. The van der Waals surface area contributed by atoms with Crippen LogP contribution in [0.15, 0.2) is 54.6 Å². The van der Waals surface area contributed by atoms with Crippen LogP contribution in [0, 0.1) is 0 Å². The minimum atomic E-state index is -1.15. The van der Waals surface area contributed by atoms with Crippen molar-refractivity contribution in [2.75, 3.05) is 0 Å². The Balaban J connectivity index is 2.14. The van der Waals surface area contributed by atoms with Crippen molar-refractivity contribution in [3.63, 3.8) is 0 Å². The Kier molecular flexibility index (Phi) is 6.22. The van der Waals surface area contributed by atoms with E-state index >= 15 is 0 Å². The molecule has 2 rings (SSSR count). The van der Waals surface area contributed by atoms with Gasteiger partial charge in [-0.3, -0.25) is 0 Å². The van der Waals surface area contributed by atoms with Crippen LogP contribution in [0.4, 0.5) is 4.79 Å². The fraction of sp³-hybridized carbons (Fsp3) is 0.300. The van der Waals surface area contributed by atoms with E-state index in [0.717, 1.165) is 0 Å². The monoisotopic (exact) mass is 357 g/mol. The number of hydrogen-bond acceptors (Lipinski definition) is 4. The highest BCUT2D eigenvalue weighted by atomic mass is 16.6. The van der Waals surface area contributed by atoms with Gasteiger partial charge in [0.15, 0.2) is 0 Å². The van der Waals surface area contributed by atoms with E-state index in [1.807, 2.05) is 30.3 Å². The van der Waals surface area contributed by atoms with Crippen molar-refractivity contribution in [1.82, 2.24) is 5.32 Å². The Labute approximate surface area is 152 Å². The van der Waals surface area contributed by atoms with Gasteiger partial charge in [0.2, 0.25) is 0 Å². The van der Waals surface area contributed by atoms with Gasteiger partial charge in [0.05, 0.1) is 0 Å². The number of rotatable bonds is 6. The highest BCUT2D eigenvalue weighted by Gasteiger charge is 2.25. The maximum Gasteiger partial charge on any atom is 0.408 e. The van der Waals surface area contributed by atoms with E-state index in [9.17, 15) is 14.7 Å². The summed E-state index contributed by atoms with van der Waals surface area (Å²) in [7, 11) is 0. The highest BCUT2D eigenvalue weighted by Crippen LogP contribution is 2.26. The van der Waals surface area contributed by atoms with Gasteiger partial charge in [0.1, 0.15) is 23.1 Å². The van der Waals surface area contributed by atoms with Gasteiger partial charge in [-0.1, -0.05) is 36.4 Å². The molecule has 6 nitrogen and oxygen atoms in total. The molecule has 26 heavy (non-hydrogen) atoms. The predicted octanol–water partition coefficient (Wildman–Crippen LogP) is 4.00. The van der Waals surface area contributed by atoms with Crippen LogP contribution in [-0.4, -0.2) is 28.8 Å². The van der Waals surface area contributed by atoms with Crippen molar-refractivity contribution in [2.24, 2.45) is 0 Å². The number of benzene rings is 2. The lowest BCUT2D eigenvalue weighted by Gasteiger charge is -2.22. The van der Waals surface area contributed by atoms with E-state index in [2.05, 4.69) is 5.32 Å². The third-order valence-electron chi connectivity index (χ3n) is 3.36. The SMILES string of the molecule is CC(C)(C)OC(=O)NC(Cc1ccccc1Oc1ccccc1)C(=O)O. The molecule has 0 radical (unpaired) electrons. The summed E-state index contributed by atoms with van der Waals surface area (Å²) in [5, 5.41) is 11.8. The van der Waals surface area contributed by atoms with E-state index in [-0.39, 0.29) is 6.42 Å². The van der Waals surface area contributed by atoms with Gasteiger partial charge >= 0.3 is 12.1 Å². The molecule has 0 fully saturated rings. The fourth-order valence-electron chi connectivity index (χ4n) is 2.26. The Hall–Kier alpha value is -3.02. The molecule has 1 amide bonds. The molecule has 0 aromatic heterocycles. The molecule has 0 bridgehead atoms. The molecule has 138 valence electrons. The molecule has 0 heterocycles. The van der Waals surface area contributed by atoms with Crippen molar-refractivity contribution in [3.05, 3.63) is 60.2 Å². The normalized spacial score (nSPS) is 12.1. The molecule has 2 N–H and O–H groups in total. The van der Waals surface area contributed by atoms with Crippen LogP contribution >= 0.6 is 0 Å². The molecule has 0 aliphatic carbocycles. The van der Waals surface area contributed by atoms with Crippen molar-refractivity contribution in [1.29, 1.82) is 0 Å². The van der Waals surface area contributed by atoms with Crippen molar-refractivity contribution in [3.8, 4) is 11.5 Å². The second-order valence-electron chi connectivity index (χ2n) is 6.76. The average molecular weight is 357 g/mol. The molecule has 2 aromatic carbocycles. The van der Waals surface area contributed by atoms with E-state index in [4.69, 9.17) is 9.47 Å². The lowest BCUT2D eigenvalue weighted by Crippen LogP contribution is -2.44. The molecule has 1 atom stereocenters. The topological polar surface area (TPSA) is 84.9 Å². The molecule has 0 spiro atoms. The zero-order chi connectivity index (χ0) is 19.2. The van der Waals surface area contributed by atoms with Crippen LogP contribution < -0.4 is 10.1 Å². The second-order valence-corrected chi connectivity index (χ2v) is 6.76. The van der Waals surface area contributed by atoms with Gasteiger partial charge in [0.25, 0.3) is 0 Å². The molecular weight excluding hydrogens is 334 g/mol. The van der Waals surface area contributed by atoms with Crippen molar-refractivity contribution in [2.45, 2.75) is 38.8 Å². The number of nitrogens with one attached hydrogen (secondary N) is 1. The first-order valence-electron chi connectivity index (χ1n) is 8.28. The van der Waals surface area contributed by atoms with Crippen LogP contribution in [0.1, 0.15) is 26.3 Å². The molecule has 2 aromatic rings. The van der Waals surface area contributed by atoms with Gasteiger partial charge < -0.3 is 19.9 Å². The van der Waals surface area contributed by atoms with Crippen LogP contribution in [0.25, 0.3) is 0 Å². The first-order valence-corrected chi connectivity index (χ1v) is 8.28. The zero-order valence-electron chi connectivity index (χ0n) is 15.1. The number of para-hydroxylation sites is 2. The van der Waals surface area contributed by atoms with Gasteiger partial charge in [-0.25, -0.2) is 9.59 Å². The molecular formula is C20H23NO5. The first-order chi connectivity index (χ1) is 12.2.